The van der Waals surface area contributed by atoms with E-state index in [0.29, 0.717) is 30.4 Å². The number of Topliss-reactive ketones (excluding diaryl/α,β-unsaturated/α-hetero) is 1. The van der Waals surface area contributed by atoms with E-state index >= 15 is 0 Å². The van der Waals surface area contributed by atoms with Gasteiger partial charge < -0.3 is 9.84 Å². The average Bonchev–Trinajstić information content (AvgIpc) is 2.55. The molecule has 0 fully saturated rings. The molecule has 2 rings (SSSR count). The molecule has 0 aliphatic rings. The summed E-state index contributed by atoms with van der Waals surface area (Å²) in [4.78, 5) is 23.5. The monoisotopic (exact) mass is 298 g/mol. The van der Waals surface area contributed by atoms with E-state index in [1.807, 2.05) is 12.1 Å². The van der Waals surface area contributed by atoms with Gasteiger partial charge in [0.25, 0.3) is 0 Å². The van der Waals surface area contributed by atoms with Crippen LogP contribution in [0.15, 0.2) is 48.5 Å². The Morgan fingerprint density at radius 3 is 2.45 bits per heavy atom. The largest absolute Gasteiger partial charge is 0.508 e. The minimum absolute atomic E-state index is 0.0455. The molecule has 0 spiro atoms. The Bertz CT molecular complexity index is 659. The number of ketones is 1. The van der Waals surface area contributed by atoms with Crippen LogP contribution in [0.2, 0.25) is 0 Å². The normalized spacial score (nSPS) is 10.2. The van der Waals surface area contributed by atoms with Gasteiger partial charge in [0.2, 0.25) is 0 Å². The summed E-state index contributed by atoms with van der Waals surface area (Å²) in [7, 11) is 1.35. The molecule has 0 unspecified atom stereocenters. The van der Waals surface area contributed by atoms with Crippen LogP contribution in [0.4, 0.5) is 0 Å². The maximum atomic E-state index is 12.0. The highest BCUT2D eigenvalue weighted by Crippen LogP contribution is 2.14. The van der Waals surface area contributed by atoms with E-state index in [1.165, 1.54) is 19.2 Å². The third-order valence-corrected chi connectivity index (χ3v) is 3.41. The smallest absolute Gasteiger partial charge is 0.337 e. The zero-order valence-electron chi connectivity index (χ0n) is 12.4. The summed E-state index contributed by atoms with van der Waals surface area (Å²) in [6.07, 6.45) is 1.84. The lowest BCUT2D eigenvalue weighted by molar-refractivity contribution is 0.0600. The van der Waals surface area contributed by atoms with Crippen molar-refractivity contribution in [2.45, 2.75) is 19.3 Å². The van der Waals surface area contributed by atoms with Crippen molar-refractivity contribution in [2.24, 2.45) is 0 Å². The predicted octanol–water partition coefficient (Wildman–Crippen LogP) is 3.38. The molecule has 0 atom stereocenters. The molecule has 2 aromatic carbocycles. The van der Waals surface area contributed by atoms with Crippen LogP contribution in [0, 0.1) is 0 Å². The number of phenols is 1. The van der Waals surface area contributed by atoms with Crippen molar-refractivity contribution in [1.29, 1.82) is 0 Å². The third-order valence-electron chi connectivity index (χ3n) is 3.41. The molecule has 0 bridgehead atoms. The van der Waals surface area contributed by atoms with Gasteiger partial charge in [-0.15, -0.1) is 0 Å². The second-order valence-corrected chi connectivity index (χ2v) is 5.02. The van der Waals surface area contributed by atoms with Gasteiger partial charge in [-0.25, -0.2) is 4.79 Å². The Morgan fingerprint density at radius 1 is 1.05 bits per heavy atom. The van der Waals surface area contributed by atoms with Crippen LogP contribution in [-0.2, 0) is 11.2 Å². The van der Waals surface area contributed by atoms with E-state index in [4.69, 9.17) is 0 Å². The second-order valence-electron chi connectivity index (χ2n) is 5.02. The highest BCUT2D eigenvalue weighted by Gasteiger charge is 2.08. The van der Waals surface area contributed by atoms with Crippen LogP contribution in [0.3, 0.4) is 0 Å². The summed E-state index contributed by atoms with van der Waals surface area (Å²) in [6, 6.07) is 13.5. The van der Waals surface area contributed by atoms with E-state index in [1.54, 1.807) is 24.3 Å². The first kappa shape index (κ1) is 15.8. The van der Waals surface area contributed by atoms with Gasteiger partial charge in [-0.3, -0.25) is 4.79 Å². The van der Waals surface area contributed by atoms with Crippen molar-refractivity contribution in [2.75, 3.05) is 7.11 Å². The quantitative estimate of drug-likeness (QED) is 0.656. The number of esters is 1. The minimum Gasteiger partial charge on any atom is -0.508 e. The Hall–Kier alpha value is -2.62. The molecule has 114 valence electrons. The number of benzene rings is 2. The number of rotatable bonds is 6. The predicted molar refractivity (Wildman–Crippen MR) is 83.2 cm³/mol. The molecule has 0 saturated heterocycles. The number of carbonyl (C=O) groups is 2. The van der Waals surface area contributed by atoms with E-state index in [2.05, 4.69) is 4.74 Å². The van der Waals surface area contributed by atoms with Gasteiger partial charge in [-0.1, -0.05) is 12.1 Å². The number of ether oxygens (including phenoxy) is 1. The molecule has 4 heteroatoms. The highest BCUT2D eigenvalue weighted by molar-refractivity contribution is 5.96. The first-order valence-electron chi connectivity index (χ1n) is 7.09. The van der Waals surface area contributed by atoms with Gasteiger partial charge in [0.15, 0.2) is 5.78 Å². The second kappa shape index (κ2) is 7.41. The fourth-order valence-electron chi connectivity index (χ4n) is 2.22. The molecule has 22 heavy (non-hydrogen) atoms. The van der Waals surface area contributed by atoms with Crippen LogP contribution in [0.1, 0.15) is 39.1 Å². The van der Waals surface area contributed by atoms with E-state index in [0.717, 1.165) is 5.56 Å². The average molecular weight is 298 g/mol. The maximum Gasteiger partial charge on any atom is 0.337 e. The number of phenolic OH excluding ortho intramolecular Hbond substituents is 1. The van der Waals surface area contributed by atoms with Crippen molar-refractivity contribution in [3.8, 4) is 5.75 Å². The van der Waals surface area contributed by atoms with Gasteiger partial charge in [-0.2, -0.15) is 0 Å². The molecule has 0 saturated carbocycles. The first-order valence-corrected chi connectivity index (χ1v) is 7.09. The van der Waals surface area contributed by atoms with Gasteiger partial charge >= 0.3 is 5.97 Å². The van der Waals surface area contributed by atoms with Crippen molar-refractivity contribution in [3.63, 3.8) is 0 Å². The Kier molecular flexibility index (Phi) is 5.31. The summed E-state index contributed by atoms with van der Waals surface area (Å²) in [6.45, 7) is 0. The molecule has 0 amide bonds. The lowest BCUT2D eigenvalue weighted by atomic mass is 10.0. The molecule has 0 aliphatic heterocycles. The van der Waals surface area contributed by atoms with Crippen LogP contribution in [-0.4, -0.2) is 24.0 Å². The Labute approximate surface area is 129 Å². The summed E-state index contributed by atoms with van der Waals surface area (Å²) in [5, 5.41) is 9.21. The molecule has 0 radical (unpaired) electrons. The van der Waals surface area contributed by atoms with Crippen molar-refractivity contribution < 1.29 is 19.4 Å². The fraction of sp³-hybridized carbons (Fsp3) is 0.222. The number of aromatic hydroxyl groups is 1. The fourth-order valence-corrected chi connectivity index (χ4v) is 2.22. The summed E-state index contributed by atoms with van der Waals surface area (Å²) in [5.74, 6) is -0.165. The standard InChI is InChI=1S/C18H18O4/c1-22-18(21)15-6-2-4-13(12-15)5-3-7-17(20)14-8-10-16(19)11-9-14/h2,4,6,8-12,19H,3,5,7H2,1H3. The Morgan fingerprint density at radius 2 is 1.77 bits per heavy atom. The zero-order valence-corrected chi connectivity index (χ0v) is 12.4. The molecule has 0 heterocycles. The van der Waals surface area contributed by atoms with Crippen molar-refractivity contribution in [1.82, 2.24) is 0 Å². The summed E-state index contributed by atoms with van der Waals surface area (Å²) >= 11 is 0. The van der Waals surface area contributed by atoms with E-state index < -0.39 is 0 Å². The molecular weight excluding hydrogens is 280 g/mol. The van der Waals surface area contributed by atoms with E-state index in [9.17, 15) is 14.7 Å². The van der Waals surface area contributed by atoms with Crippen LogP contribution in [0.5, 0.6) is 5.75 Å². The summed E-state index contributed by atoms with van der Waals surface area (Å²) in [5.41, 5.74) is 2.12. The zero-order chi connectivity index (χ0) is 15.9. The molecule has 4 nitrogen and oxygen atoms in total. The van der Waals surface area contributed by atoms with Gasteiger partial charge in [0.1, 0.15) is 5.75 Å². The number of methoxy groups -OCH3 is 1. The third kappa shape index (κ3) is 4.19. The number of hydrogen-bond donors (Lipinski definition) is 1. The van der Waals surface area contributed by atoms with Crippen LogP contribution in [0.25, 0.3) is 0 Å². The molecule has 0 aliphatic carbocycles. The lowest BCUT2D eigenvalue weighted by Gasteiger charge is -2.04. The molecule has 2 aromatic rings. The van der Waals surface area contributed by atoms with Crippen molar-refractivity contribution >= 4 is 11.8 Å². The number of hydrogen-bond acceptors (Lipinski definition) is 4. The number of carbonyl (C=O) groups excluding carboxylic acids is 2. The van der Waals surface area contributed by atoms with Crippen LogP contribution < -0.4 is 0 Å². The van der Waals surface area contributed by atoms with E-state index in [-0.39, 0.29) is 17.5 Å². The van der Waals surface area contributed by atoms with Gasteiger partial charge in [0, 0.05) is 12.0 Å². The van der Waals surface area contributed by atoms with Gasteiger partial charge in [0.05, 0.1) is 12.7 Å². The Balaban J connectivity index is 1.89. The molecular formula is C18H18O4. The first-order chi connectivity index (χ1) is 10.6. The highest BCUT2D eigenvalue weighted by atomic mass is 16.5. The van der Waals surface area contributed by atoms with Crippen LogP contribution >= 0.6 is 0 Å². The van der Waals surface area contributed by atoms with Crippen molar-refractivity contribution in [3.05, 3.63) is 65.2 Å². The lowest BCUT2D eigenvalue weighted by Crippen LogP contribution is -2.02. The van der Waals surface area contributed by atoms with Gasteiger partial charge in [-0.05, 0) is 54.8 Å². The maximum absolute atomic E-state index is 12.0. The molecule has 0 aromatic heterocycles. The minimum atomic E-state index is -0.359. The molecule has 1 N–H and O–H groups in total. The summed E-state index contributed by atoms with van der Waals surface area (Å²) < 4.78 is 4.69. The number of aryl methyl sites for hydroxylation is 1. The SMILES string of the molecule is COC(=O)c1cccc(CCCC(=O)c2ccc(O)cc2)c1. The topological polar surface area (TPSA) is 63.6 Å².